The quantitative estimate of drug-likeness (QED) is 0.693. The van der Waals surface area contributed by atoms with E-state index in [2.05, 4.69) is 70.5 Å². The van der Waals surface area contributed by atoms with Crippen molar-refractivity contribution >= 4 is 5.91 Å². The van der Waals surface area contributed by atoms with Crippen LogP contribution in [0.25, 0.3) is 11.4 Å². The average Bonchev–Trinajstić information content (AvgIpc) is 3.15. The van der Waals surface area contributed by atoms with Gasteiger partial charge in [0.2, 0.25) is 5.91 Å². The minimum absolute atomic E-state index is 0.0640. The minimum atomic E-state index is -0.426. The number of pyridine rings is 1. The second kappa shape index (κ2) is 7.43. The SMILES string of the molecule is CC(C)(C)c1ccc(C2(C(=O)NCc3nc(-c4ccncc4)n[nH]3)CCC2)cc1. The van der Waals surface area contributed by atoms with E-state index in [0.29, 0.717) is 18.2 Å². The molecule has 0 saturated heterocycles. The molecular weight excluding hydrogens is 362 g/mol. The Balaban J connectivity index is 1.45. The molecule has 0 unspecified atom stereocenters. The van der Waals surface area contributed by atoms with Gasteiger partial charge in [0, 0.05) is 18.0 Å². The van der Waals surface area contributed by atoms with Crippen molar-refractivity contribution in [3.8, 4) is 11.4 Å². The maximum atomic E-state index is 13.1. The van der Waals surface area contributed by atoms with Crippen molar-refractivity contribution in [2.45, 2.75) is 57.4 Å². The van der Waals surface area contributed by atoms with E-state index in [4.69, 9.17) is 0 Å². The van der Waals surface area contributed by atoms with Gasteiger partial charge >= 0.3 is 0 Å². The summed E-state index contributed by atoms with van der Waals surface area (Å²) < 4.78 is 0. The summed E-state index contributed by atoms with van der Waals surface area (Å²) in [4.78, 5) is 21.6. The van der Waals surface area contributed by atoms with Crippen LogP contribution >= 0.6 is 0 Å². The van der Waals surface area contributed by atoms with E-state index in [1.807, 2.05) is 12.1 Å². The Morgan fingerprint density at radius 2 is 1.79 bits per heavy atom. The number of nitrogens with one attached hydrogen (secondary N) is 2. The topological polar surface area (TPSA) is 83.6 Å². The molecule has 1 saturated carbocycles. The fraction of sp³-hybridized carbons (Fsp3) is 0.391. The highest BCUT2D eigenvalue weighted by Gasteiger charge is 2.45. The Bertz CT molecular complexity index is 982. The second-order valence-corrected chi connectivity index (χ2v) is 8.79. The molecule has 0 bridgehead atoms. The molecule has 150 valence electrons. The van der Waals surface area contributed by atoms with Gasteiger partial charge in [0.1, 0.15) is 5.82 Å². The molecule has 3 aromatic rings. The first-order chi connectivity index (χ1) is 13.9. The van der Waals surface area contributed by atoms with Crippen molar-refractivity contribution in [2.75, 3.05) is 0 Å². The van der Waals surface area contributed by atoms with Gasteiger partial charge in [0.15, 0.2) is 5.82 Å². The predicted octanol–water partition coefficient (Wildman–Crippen LogP) is 3.90. The molecule has 6 heteroatoms. The van der Waals surface area contributed by atoms with Gasteiger partial charge in [-0.1, -0.05) is 51.5 Å². The first-order valence-corrected chi connectivity index (χ1v) is 10.1. The van der Waals surface area contributed by atoms with Crippen LogP contribution in [-0.4, -0.2) is 26.1 Å². The first-order valence-electron chi connectivity index (χ1n) is 10.1. The molecule has 6 nitrogen and oxygen atoms in total. The number of hydrogen-bond donors (Lipinski definition) is 2. The summed E-state index contributed by atoms with van der Waals surface area (Å²) in [6.45, 7) is 6.93. The lowest BCUT2D eigenvalue weighted by atomic mass is 9.63. The molecular formula is C23H27N5O. The molecule has 2 aromatic heterocycles. The average molecular weight is 390 g/mol. The van der Waals surface area contributed by atoms with Crippen molar-refractivity contribution in [3.63, 3.8) is 0 Å². The Kier molecular flexibility index (Phi) is 4.94. The zero-order valence-corrected chi connectivity index (χ0v) is 17.2. The molecule has 0 radical (unpaired) electrons. The van der Waals surface area contributed by atoms with Crippen molar-refractivity contribution in [1.82, 2.24) is 25.5 Å². The summed E-state index contributed by atoms with van der Waals surface area (Å²) in [5.41, 5.74) is 2.95. The Morgan fingerprint density at radius 3 is 2.38 bits per heavy atom. The summed E-state index contributed by atoms with van der Waals surface area (Å²) in [6, 6.07) is 12.3. The van der Waals surface area contributed by atoms with Crippen LogP contribution in [0.2, 0.25) is 0 Å². The number of carbonyl (C=O) groups is 1. The number of nitrogens with zero attached hydrogens (tertiary/aromatic N) is 3. The van der Waals surface area contributed by atoms with Crippen molar-refractivity contribution in [3.05, 3.63) is 65.7 Å². The summed E-state index contributed by atoms with van der Waals surface area (Å²) in [7, 11) is 0. The molecule has 4 rings (SSSR count). The number of hydrogen-bond acceptors (Lipinski definition) is 4. The monoisotopic (exact) mass is 389 g/mol. The molecule has 0 spiro atoms. The molecule has 0 atom stereocenters. The van der Waals surface area contributed by atoms with Crippen LogP contribution in [0.4, 0.5) is 0 Å². The molecule has 1 amide bonds. The predicted molar refractivity (Wildman–Crippen MR) is 112 cm³/mol. The molecule has 1 aliphatic carbocycles. The second-order valence-electron chi connectivity index (χ2n) is 8.79. The van der Waals surface area contributed by atoms with Crippen molar-refractivity contribution in [1.29, 1.82) is 0 Å². The highest BCUT2D eigenvalue weighted by molar-refractivity contribution is 5.89. The molecule has 1 aliphatic rings. The van der Waals surface area contributed by atoms with Gasteiger partial charge in [0.25, 0.3) is 0 Å². The normalized spacial score (nSPS) is 15.6. The number of carbonyl (C=O) groups excluding carboxylic acids is 1. The summed E-state index contributed by atoms with van der Waals surface area (Å²) in [5, 5.41) is 10.2. The van der Waals surface area contributed by atoms with Gasteiger partial charge < -0.3 is 5.32 Å². The fourth-order valence-corrected chi connectivity index (χ4v) is 3.80. The smallest absolute Gasteiger partial charge is 0.231 e. The highest BCUT2D eigenvalue weighted by atomic mass is 16.2. The van der Waals surface area contributed by atoms with E-state index >= 15 is 0 Å². The van der Waals surface area contributed by atoms with E-state index in [1.165, 1.54) is 5.56 Å². The van der Waals surface area contributed by atoms with Gasteiger partial charge in [-0.25, -0.2) is 4.98 Å². The zero-order valence-electron chi connectivity index (χ0n) is 17.2. The van der Waals surface area contributed by atoms with Crippen LogP contribution in [0.1, 0.15) is 57.0 Å². The summed E-state index contributed by atoms with van der Waals surface area (Å²) in [6.07, 6.45) is 6.25. The minimum Gasteiger partial charge on any atom is -0.348 e. The van der Waals surface area contributed by atoms with E-state index in [9.17, 15) is 4.79 Å². The molecule has 2 heterocycles. The van der Waals surface area contributed by atoms with Gasteiger partial charge in [0.05, 0.1) is 12.0 Å². The van der Waals surface area contributed by atoms with Crippen LogP contribution in [0, 0.1) is 0 Å². The lowest BCUT2D eigenvalue weighted by Crippen LogP contribution is -2.49. The molecule has 1 aromatic carbocycles. The van der Waals surface area contributed by atoms with E-state index in [1.54, 1.807) is 12.4 Å². The van der Waals surface area contributed by atoms with Gasteiger partial charge in [-0.2, -0.15) is 5.10 Å². The molecule has 2 N–H and O–H groups in total. The number of rotatable bonds is 5. The van der Waals surface area contributed by atoms with Crippen molar-refractivity contribution in [2.24, 2.45) is 0 Å². The van der Waals surface area contributed by atoms with Crippen LogP contribution in [-0.2, 0) is 22.2 Å². The third kappa shape index (κ3) is 3.79. The van der Waals surface area contributed by atoms with Crippen LogP contribution < -0.4 is 5.32 Å². The lowest BCUT2D eigenvalue weighted by molar-refractivity contribution is -0.130. The molecule has 0 aliphatic heterocycles. The van der Waals surface area contributed by atoms with Gasteiger partial charge in [-0.15, -0.1) is 0 Å². The van der Waals surface area contributed by atoms with Crippen LogP contribution in [0.5, 0.6) is 0 Å². The number of aromatic amines is 1. The summed E-state index contributed by atoms with van der Waals surface area (Å²) >= 11 is 0. The Labute approximate surface area is 171 Å². The zero-order chi connectivity index (χ0) is 20.5. The number of amides is 1. The third-order valence-electron chi connectivity index (χ3n) is 5.83. The first kappa shape index (κ1) is 19.3. The van der Waals surface area contributed by atoms with Crippen LogP contribution in [0.15, 0.2) is 48.8 Å². The highest BCUT2D eigenvalue weighted by Crippen LogP contribution is 2.44. The standard InChI is InChI=1S/C23H27N5O/c1-22(2,3)17-5-7-18(8-6-17)23(11-4-12-23)21(29)25-15-19-26-20(28-27-19)16-9-13-24-14-10-16/h5-10,13-14H,4,11-12,15H2,1-3H3,(H,25,29)(H,26,27,28). The lowest BCUT2D eigenvalue weighted by Gasteiger charge is -2.41. The number of H-pyrrole nitrogens is 1. The third-order valence-corrected chi connectivity index (χ3v) is 5.83. The van der Waals surface area contributed by atoms with E-state index in [-0.39, 0.29) is 11.3 Å². The van der Waals surface area contributed by atoms with Gasteiger partial charge in [-0.3, -0.25) is 14.9 Å². The van der Waals surface area contributed by atoms with E-state index < -0.39 is 5.41 Å². The number of aromatic nitrogens is 4. The Hall–Kier alpha value is -3.02. The van der Waals surface area contributed by atoms with E-state index in [0.717, 1.165) is 30.4 Å². The van der Waals surface area contributed by atoms with Gasteiger partial charge in [-0.05, 0) is 41.5 Å². The fourth-order valence-electron chi connectivity index (χ4n) is 3.80. The largest absolute Gasteiger partial charge is 0.348 e. The maximum absolute atomic E-state index is 13.1. The number of benzene rings is 1. The molecule has 29 heavy (non-hydrogen) atoms. The maximum Gasteiger partial charge on any atom is 0.231 e. The summed E-state index contributed by atoms with van der Waals surface area (Å²) in [5.74, 6) is 1.31. The van der Waals surface area contributed by atoms with Crippen molar-refractivity contribution < 1.29 is 4.79 Å². The van der Waals surface area contributed by atoms with Crippen LogP contribution in [0.3, 0.4) is 0 Å². The Morgan fingerprint density at radius 1 is 1.10 bits per heavy atom. The molecule has 1 fully saturated rings.